The molecule has 3 rings (SSSR count). The molecule has 1 aromatic carbocycles. The highest BCUT2D eigenvalue weighted by atomic mass is 16.2. The van der Waals surface area contributed by atoms with Crippen LogP contribution < -0.4 is 10.2 Å². The maximum absolute atomic E-state index is 11.9. The summed E-state index contributed by atoms with van der Waals surface area (Å²) in [6.45, 7) is 9.63. The van der Waals surface area contributed by atoms with Crippen LogP contribution in [0.15, 0.2) is 37.1 Å². The molecule has 6 heteroatoms. The lowest BCUT2D eigenvalue weighted by Gasteiger charge is -2.36. The number of carbonyl (C=O) groups is 1. The van der Waals surface area contributed by atoms with E-state index in [1.54, 1.807) is 12.3 Å². The molecule has 2 aromatic rings. The number of amides is 1. The fourth-order valence-electron chi connectivity index (χ4n) is 3.35. The van der Waals surface area contributed by atoms with Crippen molar-refractivity contribution >= 4 is 22.5 Å². The number of anilines is 1. The maximum atomic E-state index is 11.9. The van der Waals surface area contributed by atoms with E-state index < -0.39 is 0 Å². The summed E-state index contributed by atoms with van der Waals surface area (Å²) in [5.41, 5.74) is 3.59. The van der Waals surface area contributed by atoms with Crippen LogP contribution in [0.3, 0.4) is 0 Å². The molecule has 1 N–H and O–H groups in total. The molecule has 0 aliphatic carbocycles. The number of aromatic nitrogens is 1. The second-order valence-electron chi connectivity index (χ2n) is 6.46. The zero-order valence-electron chi connectivity index (χ0n) is 15.0. The third kappa shape index (κ3) is 3.68. The van der Waals surface area contributed by atoms with Crippen LogP contribution in [-0.2, 0) is 4.79 Å². The second-order valence-corrected chi connectivity index (χ2v) is 6.46. The average Bonchev–Trinajstić information content (AvgIpc) is 2.66. The zero-order chi connectivity index (χ0) is 18.5. The Hall–Kier alpha value is -2.91. The van der Waals surface area contributed by atoms with Crippen molar-refractivity contribution in [1.29, 1.82) is 5.26 Å². The van der Waals surface area contributed by atoms with E-state index in [2.05, 4.69) is 32.7 Å². The van der Waals surface area contributed by atoms with Crippen LogP contribution in [0.2, 0.25) is 0 Å². The molecule has 1 aliphatic rings. The molecule has 0 spiro atoms. The van der Waals surface area contributed by atoms with Crippen molar-refractivity contribution in [2.24, 2.45) is 0 Å². The van der Waals surface area contributed by atoms with E-state index in [9.17, 15) is 10.1 Å². The average molecular weight is 349 g/mol. The first-order valence-electron chi connectivity index (χ1n) is 8.77. The molecule has 1 aliphatic heterocycles. The number of benzene rings is 1. The van der Waals surface area contributed by atoms with Crippen LogP contribution in [0.1, 0.15) is 11.1 Å². The number of nitrogens with zero attached hydrogens (tertiary/aromatic N) is 4. The van der Waals surface area contributed by atoms with Gasteiger partial charge in [-0.05, 0) is 12.5 Å². The van der Waals surface area contributed by atoms with E-state index in [0.717, 1.165) is 48.3 Å². The van der Waals surface area contributed by atoms with Crippen LogP contribution in [-0.4, -0.2) is 55.1 Å². The SMILES string of the molecule is C=CCNC(=O)CN1CCN(c2c(C#N)cnc3c(C)cccc23)CC1. The van der Waals surface area contributed by atoms with Gasteiger partial charge in [-0.1, -0.05) is 24.3 Å². The van der Waals surface area contributed by atoms with E-state index in [4.69, 9.17) is 0 Å². The Kier molecular flexibility index (Phi) is 5.49. The molecular weight excluding hydrogens is 326 g/mol. The van der Waals surface area contributed by atoms with Crippen molar-refractivity contribution in [3.8, 4) is 6.07 Å². The van der Waals surface area contributed by atoms with E-state index in [1.807, 2.05) is 25.1 Å². The number of hydrogen-bond acceptors (Lipinski definition) is 5. The second kappa shape index (κ2) is 7.98. The largest absolute Gasteiger partial charge is 0.367 e. The highest BCUT2D eigenvalue weighted by Gasteiger charge is 2.23. The highest BCUT2D eigenvalue weighted by Crippen LogP contribution is 2.31. The number of rotatable bonds is 5. The zero-order valence-corrected chi connectivity index (χ0v) is 15.0. The van der Waals surface area contributed by atoms with E-state index >= 15 is 0 Å². The van der Waals surface area contributed by atoms with Crippen LogP contribution >= 0.6 is 0 Å². The number of carbonyl (C=O) groups excluding carboxylic acids is 1. The summed E-state index contributed by atoms with van der Waals surface area (Å²) in [6, 6.07) is 8.35. The molecule has 0 unspecified atom stereocenters. The Balaban J connectivity index is 1.77. The molecule has 134 valence electrons. The molecule has 1 amide bonds. The van der Waals surface area contributed by atoms with E-state index in [0.29, 0.717) is 18.7 Å². The van der Waals surface area contributed by atoms with E-state index in [-0.39, 0.29) is 5.91 Å². The topological polar surface area (TPSA) is 72.3 Å². The molecule has 1 fully saturated rings. The summed E-state index contributed by atoms with van der Waals surface area (Å²) >= 11 is 0. The highest BCUT2D eigenvalue weighted by molar-refractivity contribution is 5.96. The van der Waals surface area contributed by atoms with Gasteiger partial charge in [0.25, 0.3) is 0 Å². The van der Waals surface area contributed by atoms with Gasteiger partial charge in [0.05, 0.1) is 23.3 Å². The van der Waals surface area contributed by atoms with Gasteiger partial charge in [-0.3, -0.25) is 14.7 Å². The van der Waals surface area contributed by atoms with Gasteiger partial charge in [0.1, 0.15) is 6.07 Å². The summed E-state index contributed by atoms with van der Waals surface area (Å²) in [6.07, 6.45) is 3.34. The normalized spacial score (nSPS) is 14.8. The Morgan fingerprint density at radius 3 is 2.85 bits per heavy atom. The van der Waals surface area contributed by atoms with Crippen LogP contribution in [0.4, 0.5) is 5.69 Å². The molecule has 6 nitrogen and oxygen atoms in total. The summed E-state index contributed by atoms with van der Waals surface area (Å²) in [5.74, 6) is 0.0149. The Labute approximate surface area is 153 Å². The predicted octanol–water partition coefficient (Wildman–Crippen LogP) is 1.84. The van der Waals surface area contributed by atoms with Gasteiger partial charge in [0.2, 0.25) is 5.91 Å². The first kappa shape index (κ1) is 17.9. The molecule has 26 heavy (non-hydrogen) atoms. The third-order valence-electron chi connectivity index (χ3n) is 4.69. The van der Waals surface area contributed by atoms with Gasteiger partial charge < -0.3 is 10.2 Å². The molecule has 2 heterocycles. The number of aryl methyl sites for hydroxylation is 1. The minimum absolute atomic E-state index is 0.0149. The standard InChI is InChI=1S/C20H23N5O/c1-3-7-22-18(26)14-24-8-10-25(11-9-24)20-16(12-21)13-23-19-15(2)5-4-6-17(19)20/h3-6,13H,1,7-11,14H2,2H3,(H,22,26). The third-order valence-corrected chi connectivity index (χ3v) is 4.69. The molecule has 1 saturated heterocycles. The van der Waals surface area contributed by atoms with Gasteiger partial charge in [-0.2, -0.15) is 5.26 Å². The van der Waals surface area contributed by atoms with Gasteiger partial charge in [-0.15, -0.1) is 6.58 Å². The number of piperazine rings is 1. The van der Waals surface area contributed by atoms with Crippen LogP contribution in [0, 0.1) is 18.3 Å². The fraction of sp³-hybridized carbons (Fsp3) is 0.350. The maximum Gasteiger partial charge on any atom is 0.234 e. The number of nitriles is 1. The van der Waals surface area contributed by atoms with Crippen LogP contribution in [0.25, 0.3) is 10.9 Å². The van der Waals surface area contributed by atoms with Crippen molar-refractivity contribution in [3.63, 3.8) is 0 Å². The Morgan fingerprint density at radius 1 is 1.38 bits per heavy atom. The number of fused-ring (bicyclic) bond motifs is 1. The summed E-state index contributed by atoms with van der Waals surface area (Å²) in [4.78, 5) is 20.7. The molecule has 0 saturated carbocycles. The first-order chi connectivity index (χ1) is 12.6. The Bertz CT molecular complexity index is 862. The van der Waals surface area contributed by atoms with Crippen LogP contribution in [0.5, 0.6) is 0 Å². The number of para-hydroxylation sites is 1. The fourth-order valence-corrected chi connectivity index (χ4v) is 3.35. The summed E-state index contributed by atoms with van der Waals surface area (Å²) in [7, 11) is 0. The summed E-state index contributed by atoms with van der Waals surface area (Å²) in [5, 5.41) is 13.4. The van der Waals surface area contributed by atoms with Crippen molar-refractivity contribution in [1.82, 2.24) is 15.2 Å². The lowest BCUT2D eigenvalue weighted by molar-refractivity contribution is -0.122. The van der Waals surface area contributed by atoms with Gasteiger partial charge in [0.15, 0.2) is 0 Å². The monoisotopic (exact) mass is 349 g/mol. The Morgan fingerprint density at radius 2 is 2.15 bits per heavy atom. The van der Waals surface area contributed by atoms with Crippen molar-refractivity contribution in [2.75, 3.05) is 44.2 Å². The van der Waals surface area contributed by atoms with Crippen molar-refractivity contribution in [3.05, 3.63) is 48.2 Å². The molecule has 0 atom stereocenters. The molecule has 0 bridgehead atoms. The molecule has 0 radical (unpaired) electrons. The predicted molar refractivity (Wildman–Crippen MR) is 103 cm³/mol. The number of nitrogens with one attached hydrogen (secondary N) is 1. The van der Waals surface area contributed by atoms with Gasteiger partial charge >= 0.3 is 0 Å². The molecular formula is C20H23N5O. The quantitative estimate of drug-likeness (QED) is 0.834. The summed E-state index contributed by atoms with van der Waals surface area (Å²) < 4.78 is 0. The van der Waals surface area contributed by atoms with Crippen molar-refractivity contribution < 1.29 is 4.79 Å². The lowest BCUT2D eigenvalue weighted by Crippen LogP contribution is -2.49. The first-order valence-corrected chi connectivity index (χ1v) is 8.77. The van der Waals surface area contributed by atoms with Crippen molar-refractivity contribution in [2.45, 2.75) is 6.92 Å². The number of pyridine rings is 1. The minimum Gasteiger partial charge on any atom is -0.367 e. The smallest absolute Gasteiger partial charge is 0.234 e. The van der Waals surface area contributed by atoms with Gasteiger partial charge in [-0.25, -0.2) is 0 Å². The minimum atomic E-state index is 0.0149. The van der Waals surface area contributed by atoms with E-state index in [1.165, 1.54) is 0 Å². The van der Waals surface area contributed by atoms with Gasteiger partial charge in [0, 0.05) is 44.3 Å². The molecule has 1 aromatic heterocycles. The number of hydrogen-bond donors (Lipinski definition) is 1. The lowest BCUT2D eigenvalue weighted by atomic mass is 10.0.